The monoisotopic (exact) mass is 277 g/mol. The lowest BCUT2D eigenvalue weighted by molar-refractivity contribution is 0.0696. The van der Waals surface area contributed by atoms with Crippen molar-refractivity contribution in [1.82, 2.24) is 4.98 Å². The molecule has 1 aromatic carbocycles. The van der Waals surface area contributed by atoms with E-state index in [1.54, 1.807) is 19.1 Å². The third-order valence-electron chi connectivity index (χ3n) is 2.57. The van der Waals surface area contributed by atoms with Crippen LogP contribution in [0.2, 0.25) is 5.02 Å². The van der Waals surface area contributed by atoms with Crippen LogP contribution in [0.1, 0.15) is 21.5 Å². The Labute approximate surface area is 115 Å². The normalized spacial score (nSPS) is 10.3. The van der Waals surface area contributed by atoms with Gasteiger partial charge in [0.2, 0.25) is 5.88 Å². The highest BCUT2D eigenvalue weighted by molar-refractivity contribution is 6.32. The van der Waals surface area contributed by atoms with Gasteiger partial charge in [-0.3, -0.25) is 0 Å². The van der Waals surface area contributed by atoms with E-state index in [1.165, 1.54) is 12.3 Å². The molecule has 0 saturated carbocycles. The molecular weight excluding hydrogens is 266 g/mol. The first-order chi connectivity index (χ1) is 8.97. The van der Waals surface area contributed by atoms with Gasteiger partial charge in [-0.1, -0.05) is 17.7 Å². The number of carboxylic acids is 1. The Morgan fingerprint density at radius 2 is 2.05 bits per heavy atom. The molecule has 0 aliphatic rings. The third kappa shape index (κ3) is 3.03. The number of pyridine rings is 1. The molecule has 4 nitrogen and oxygen atoms in total. The van der Waals surface area contributed by atoms with Crippen LogP contribution in [0.5, 0.6) is 11.6 Å². The minimum Gasteiger partial charge on any atom is -0.478 e. The smallest absolute Gasteiger partial charge is 0.337 e. The molecular formula is C14H12ClNO3. The molecule has 19 heavy (non-hydrogen) atoms. The van der Waals surface area contributed by atoms with Crippen molar-refractivity contribution in [2.24, 2.45) is 0 Å². The zero-order valence-corrected chi connectivity index (χ0v) is 11.2. The van der Waals surface area contributed by atoms with Crippen molar-refractivity contribution in [3.8, 4) is 11.6 Å². The second kappa shape index (κ2) is 5.28. The molecule has 0 unspecified atom stereocenters. The number of halogens is 1. The summed E-state index contributed by atoms with van der Waals surface area (Å²) < 4.78 is 5.62. The zero-order valence-electron chi connectivity index (χ0n) is 10.5. The van der Waals surface area contributed by atoms with Crippen LogP contribution in [-0.2, 0) is 0 Å². The summed E-state index contributed by atoms with van der Waals surface area (Å²) in [4.78, 5) is 14.8. The second-order valence-electron chi connectivity index (χ2n) is 4.19. The first-order valence-electron chi connectivity index (χ1n) is 5.61. The van der Waals surface area contributed by atoms with Gasteiger partial charge in [-0.2, -0.15) is 0 Å². The van der Waals surface area contributed by atoms with E-state index in [-0.39, 0.29) is 5.56 Å². The predicted molar refractivity (Wildman–Crippen MR) is 72.2 cm³/mol. The number of hydrogen-bond donors (Lipinski definition) is 1. The molecule has 0 amide bonds. The maximum Gasteiger partial charge on any atom is 0.337 e. The van der Waals surface area contributed by atoms with Crippen LogP contribution >= 0.6 is 11.6 Å². The quantitative estimate of drug-likeness (QED) is 0.926. The molecule has 1 heterocycles. The molecule has 0 fully saturated rings. The summed E-state index contributed by atoms with van der Waals surface area (Å²) in [7, 11) is 0. The van der Waals surface area contributed by atoms with Crippen molar-refractivity contribution >= 4 is 17.6 Å². The first kappa shape index (κ1) is 13.4. The summed E-state index contributed by atoms with van der Waals surface area (Å²) in [5.41, 5.74) is 1.77. The van der Waals surface area contributed by atoms with Crippen molar-refractivity contribution in [3.63, 3.8) is 0 Å². The van der Waals surface area contributed by atoms with E-state index in [1.807, 2.05) is 13.0 Å². The Morgan fingerprint density at radius 3 is 2.68 bits per heavy atom. The second-order valence-corrected chi connectivity index (χ2v) is 4.59. The molecule has 5 heteroatoms. The Balaban J connectivity index is 2.33. The van der Waals surface area contributed by atoms with Crippen LogP contribution in [0.4, 0.5) is 0 Å². The van der Waals surface area contributed by atoms with Crippen molar-refractivity contribution < 1.29 is 14.6 Å². The van der Waals surface area contributed by atoms with Gasteiger partial charge < -0.3 is 9.84 Å². The minimum atomic E-state index is -1.02. The third-order valence-corrected chi connectivity index (χ3v) is 2.88. The Bertz CT molecular complexity index is 641. The van der Waals surface area contributed by atoms with Gasteiger partial charge in [0.15, 0.2) is 0 Å². The maximum atomic E-state index is 10.8. The van der Waals surface area contributed by atoms with Crippen LogP contribution in [0, 0.1) is 13.8 Å². The molecule has 0 atom stereocenters. The largest absolute Gasteiger partial charge is 0.478 e. The van der Waals surface area contributed by atoms with Crippen LogP contribution < -0.4 is 4.74 Å². The average Bonchev–Trinajstić information content (AvgIpc) is 2.36. The SMILES string of the molecule is Cc1ccc(Cl)c(Oc2ncc(C(=O)O)cc2C)c1. The Kier molecular flexibility index (Phi) is 3.71. The summed E-state index contributed by atoms with van der Waals surface area (Å²) in [6.45, 7) is 3.66. The zero-order chi connectivity index (χ0) is 14.0. The number of aromatic carboxylic acids is 1. The van der Waals surface area contributed by atoms with Gasteiger partial charge >= 0.3 is 5.97 Å². The number of hydrogen-bond acceptors (Lipinski definition) is 3. The number of rotatable bonds is 3. The molecule has 1 aromatic heterocycles. The van der Waals surface area contributed by atoms with E-state index in [0.717, 1.165) is 5.56 Å². The average molecular weight is 278 g/mol. The minimum absolute atomic E-state index is 0.125. The van der Waals surface area contributed by atoms with E-state index < -0.39 is 5.97 Å². The van der Waals surface area contributed by atoms with Crippen molar-refractivity contribution in [2.45, 2.75) is 13.8 Å². The number of aryl methyl sites for hydroxylation is 2. The number of aromatic nitrogens is 1. The molecule has 0 spiro atoms. The summed E-state index contributed by atoms with van der Waals surface area (Å²) in [6, 6.07) is 6.93. The number of carboxylic acid groups (broad SMARTS) is 1. The Hall–Kier alpha value is -2.07. The summed E-state index contributed by atoms with van der Waals surface area (Å²) in [5, 5.41) is 9.35. The number of benzene rings is 1. The molecule has 1 N–H and O–H groups in total. The molecule has 0 aliphatic heterocycles. The molecule has 2 rings (SSSR count). The summed E-state index contributed by atoms with van der Waals surface area (Å²) in [5.74, 6) is -0.173. The first-order valence-corrected chi connectivity index (χ1v) is 5.99. The predicted octanol–water partition coefficient (Wildman–Crippen LogP) is 3.84. The molecule has 0 saturated heterocycles. The maximum absolute atomic E-state index is 10.8. The highest BCUT2D eigenvalue weighted by Crippen LogP contribution is 2.30. The standard InChI is InChI=1S/C14H12ClNO3/c1-8-3-4-11(15)12(5-8)19-13-9(2)6-10(7-16-13)14(17)18/h3-7H,1-2H3,(H,17,18). The van der Waals surface area contributed by atoms with Crippen LogP contribution in [0.25, 0.3) is 0 Å². The number of ether oxygens (including phenoxy) is 1. The van der Waals surface area contributed by atoms with Gasteiger partial charge in [0.1, 0.15) is 5.75 Å². The van der Waals surface area contributed by atoms with E-state index in [4.69, 9.17) is 21.4 Å². The fourth-order valence-corrected chi connectivity index (χ4v) is 1.74. The van der Waals surface area contributed by atoms with Gasteiger partial charge in [0.05, 0.1) is 10.6 Å². The molecule has 98 valence electrons. The Morgan fingerprint density at radius 1 is 1.32 bits per heavy atom. The highest BCUT2D eigenvalue weighted by atomic mass is 35.5. The van der Waals surface area contributed by atoms with Gasteiger partial charge in [-0.25, -0.2) is 9.78 Å². The highest BCUT2D eigenvalue weighted by Gasteiger charge is 2.10. The lowest BCUT2D eigenvalue weighted by Crippen LogP contribution is -2.00. The summed E-state index contributed by atoms with van der Waals surface area (Å²) in [6.07, 6.45) is 1.26. The van der Waals surface area contributed by atoms with Crippen molar-refractivity contribution in [3.05, 3.63) is 52.2 Å². The van der Waals surface area contributed by atoms with Gasteiger partial charge in [-0.15, -0.1) is 0 Å². The fraction of sp³-hybridized carbons (Fsp3) is 0.143. The lowest BCUT2D eigenvalue weighted by Gasteiger charge is -2.10. The van der Waals surface area contributed by atoms with E-state index in [2.05, 4.69) is 4.98 Å². The van der Waals surface area contributed by atoms with E-state index in [0.29, 0.717) is 22.2 Å². The number of nitrogens with zero attached hydrogens (tertiary/aromatic N) is 1. The molecule has 2 aromatic rings. The van der Waals surface area contributed by atoms with Gasteiger partial charge in [-0.05, 0) is 37.6 Å². The van der Waals surface area contributed by atoms with Gasteiger partial charge in [0, 0.05) is 11.8 Å². The van der Waals surface area contributed by atoms with Gasteiger partial charge in [0.25, 0.3) is 0 Å². The lowest BCUT2D eigenvalue weighted by atomic mass is 10.2. The van der Waals surface area contributed by atoms with E-state index >= 15 is 0 Å². The topological polar surface area (TPSA) is 59.4 Å². The van der Waals surface area contributed by atoms with Crippen molar-refractivity contribution in [2.75, 3.05) is 0 Å². The molecule has 0 aliphatic carbocycles. The number of carbonyl (C=O) groups is 1. The fourth-order valence-electron chi connectivity index (χ4n) is 1.58. The van der Waals surface area contributed by atoms with Crippen molar-refractivity contribution in [1.29, 1.82) is 0 Å². The summed E-state index contributed by atoms with van der Waals surface area (Å²) >= 11 is 6.03. The molecule has 0 radical (unpaired) electrons. The van der Waals surface area contributed by atoms with Crippen LogP contribution in [0.15, 0.2) is 30.5 Å². The van der Waals surface area contributed by atoms with E-state index in [9.17, 15) is 4.79 Å². The van der Waals surface area contributed by atoms with Crippen LogP contribution in [-0.4, -0.2) is 16.1 Å². The molecule has 0 bridgehead atoms. The van der Waals surface area contributed by atoms with Crippen LogP contribution in [0.3, 0.4) is 0 Å².